The monoisotopic (exact) mass is 400 g/mol. The van der Waals surface area contributed by atoms with E-state index in [4.69, 9.17) is 5.84 Å². The Balaban J connectivity index is 2.52. The molecule has 0 radical (unpaired) electrons. The predicted molar refractivity (Wildman–Crippen MR) is 88.3 cm³/mol. The number of hydrazine groups is 1. The summed E-state index contributed by atoms with van der Waals surface area (Å²) in [4.78, 5) is 0. The van der Waals surface area contributed by atoms with Crippen LogP contribution in [0.1, 0.15) is 36.2 Å². The van der Waals surface area contributed by atoms with Crippen LogP contribution in [0.2, 0.25) is 0 Å². The van der Waals surface area contributed by atoms with Crippen LogP contribution in [0, 0.1) is 6.92 Å². The molecule has 108 valence electrons. The van der Waals surface area contributed by atoms with Crippen molar-refractivity contribution >= 4 is 31.9 Å². The summed E-state index contributed by atoms with van der Waals surface area (Å²) in [5, 5.41) is 4.41. The van der Waals surface area contributed by atoms with Crippen LogP contribution in [0.25, 0.3) is 0 Å². The lowest BCUT2D eigenvalue weighted by Gasteiger charge is -2.20. The predicted octanol–water partition coefficient (Wildman–Crippen LogP) is 3.68. The Morgan fingerprint density at radius 1 is 1.35 bits per heavy atom. The van der Waals surface area contributed by atoms with E-state index in [9.17, 15) is 0 Å². The first kappa shape index (κ1) is 15.7. The maximum atomic E-state index is 5.82. The molecule has 0 aliphatic heterocycles. The van der Waals surface area contributed by atoms with Crippen molar-refractivity contribution in [3.63, 3.8) is 0 Å². The topological polar surface area (TPSA) is 55.9 Å². The fourth-order valence-electron chi connectivity index (χ4n) is 2.25. The molecule has 1 aromatic heterocycles. The third-order valence-corrected chi connectivity index (χ3v) is 4.50. The summed E-state index contributed by atoms with van der Waals surface area (Å²) < 4.78 is 3.98. The number of nitrogens with zero attached hydrogens (tertiary/aromatic N) is 2. The molecule has 1 aromatic carbocycles. The molecule has 0 bridgehead atoms. The van der Waals surface area contributed by atoms with Gasteiger partial charge in [-0.3, -0.25) is 10.5 Å². The van der Waals surface area contributed by atoms with Crippen LogP contribution in [-0.2, 0) is 6.54 Å². The van der Waals surface area contributed by atoms with Crippen molar-refractivity contribution in [2.75, 3.05) is 0 Å². The van der Waals surface area contributed by atoms with Crippen LogP contribution in [-0.4, -0.2) is 9.78 Å². The van der Waals surface area contributed by atoms with Crippen molar-refractivity contribution in [2.24, 2.45) is 5.84 Å². The number of nitrogens with one attached hydrogen (secondary N) is 1. The minimum Gasteiger partial charge on any atom is -0.271 e. The van der Waals surface area contributed by atoms with Gasteiger partial charge in [-0.05, 0) is 40.9 Å². The van der Waals surface area contributed by atoms with Gasteiger partial charge in [-0.15, -0.1) is 0 Å². The van der Waals surface area contributed by atoms with E-state index in [1.165, 1.54) is 5.56 Å². The van der Waals surface area contributed by atoms with E-state index >= 15 is 0 Å². The summed E-state index contributed by atoms with van der Waals surface area (Å²) in [6.07, 6.45) is 2.84. The van der Waals surface area contributed by atoms with Gasteiger partial charge < -0.3 is 0 Å². The molecule has 0 saturated heterocycles. The Kier molecular flexibility index (Phi) is 5.37. The van der Waals surface area contributed by atoms with Gasteiger partial charge in [-0.2, -0.15) is 5.10 Å². The summed E-state index contributed by atoms with van der Waals surface area (Å²) >= 11 is 7.18. The molecule has 0 aliphatic carbocycles. The normalized spacial score (nSPS) is 12.7. The number of nitrogens with two attached hydrogens (primary N) is 1. The van der Waals surface area contributed by atoms with E-state index in [0.717, 1.165) is 33.2 Å². The smallest absolute Gasteiger partial charge is 0.0900 e. The molecular weight excluding hydrogens is 384 g/mol. The van der Waals surface area contributed by atoms with Gasteiger partial charge in [0.2, 0.25) is 0 Å². The maximum Gasteiger partial charge on any atom is 0.0900 e. The lowest BCUT2D eigenvalue weighted by Crippen LogP contribution is -2.31. The average molecular weight is 402 g/mol. The fourth-order valence-corrected chi connectivity index (χ4v) is 3.25. The Morgan fingerprint density at radius 3 is 2.75 bits per heavy atom. The second-order valence-electron chi connectivity index (χ2n) is 4.73. The largest absolute Gasteiger partial charge is 0.271 e. The molecular formula is C14H18Br2N4. The van der Waals surface area contributed by atoms with Gasteiger partial charge in [0.1, 0.15) is 0 Å². The maximum absolute atomic E-state index is 5.82. The van der Waals surface area contributed by atoms with Gasteiger partial charge in [0.15, 0.2) is 0 Å². The van der Waals surface area contributed by atoms with Crippen molar-refractivity contribution in [3.8, 4) is 0 Å². The van der Waals surface area contributed by atoms with Gasteiger partial charge in [0, 0.05) is 11.0 Å². The molecule has 4 nitrogen and oxygen atoms in total. The van der Waals surface area contributed by atoms with E-state index in [-0.39, 0.29) is 6.04 Å². The molecule has 6 heteroatoms. The van der Waals surface area contributed by atoms with E-state index in [0.29, 0.717) is 0 Å². The average Bonchev–Trinajstić information content (AvgIpc) is 2.77. The van der Waals surface area contributed by atoms with Crippen molar-refractivity contribution < 1.29 is 0 Å². The second kappa shape index (κ2) is 6.85. The molecule has 1 heterocycles. The quantitative estimate of drug-likeness (QED) is 0.593. The Morgan fingerprint density at radius 2 is 2.10 bits per heavy atom. The van der Waals surface area contributed by atoms with Crippen molar-refractivity contribution in [2.45, 2.75) is 32.9 Å². The van der Waals surface area contributed by atoms with E-state index < -0.39 is 0 Å². The fraction of sp³-hybridized carbons (Fsp3) is 0.357. The zero-order valence-electron chi connectivity index (χ0n) is 11.5. The first-order valence-electron chi connectivity index (χ1n) is 6.51. The number of halogens is 2. The molecule has 0 spiro atoms. The third-order valence-electron chi connectivity index (χ3n) is 3.17. The zero-order chi connectivity index (χ0) is 14.7. The minimum atomic E-state index is -0.118. The number of aryl methyl sites for hydroxylation is 2. The third kappa shape index (κ3) is 3.14. The molecule has 20 heavy (non-hydrogen) atoms. The van der Waals surface area contributed by atoms with Gasteiger partial charge >= 0.3 is 0 Å². The van der Waals surface area contributed by atoms with E-state index in [2.05, 4.69) is 68.4 Å². The van der Waals surface area contributed by atoms with Crippen molar-refractivity contribution in [1.29, 1.82) is 0 Å². The zero-order valence-corrected chi connectivity index (χ0v) is 14.7. The first-order valence-corrected chi connectivity index (χ1v) is 8.10. The second-order valence-corrected chi connectivity index (χ2v) is 6.43. The van der Waals surface area contributed by atoms with Crippen molar-refractivity contribution in [3.05, 3.63) is 50.2 Å². The first-order chi connectivity index (χ1) is 9.58. The van der Waals surface area contributed by atoms with Crippen LogP contribution >= 0.6 is 31.9 Å². The minimum absolute atomic E-state index is 0.118. The van der Waals surface area contributed by atoms with Gasteiger partial charge in [-0.25, -0.2) is 5.43 Å². The number of hydrogen-bond acceptors (Lipinski definition) is 3. The van der Waals surface area contributed by atoms with Crippen LogP contribution in [0.4, 0.5) is 0 Å². The van der Waals surface area contributed by atoms with Gasteiger partial charge in [-0.1, -0.05) is 40.5 Å². The Labute approximate surface area is 136 Å². The molecule has 1 atom stereocenters. The summed E-state index contributed by atoms with van der Waals surface area (Å²) in [7, 11) is 0. The Hall–Kier alpha value is -0.690. The molecule has 2 rings (SSSR count). The van der Waals surface area contributed by atoms with Crippen LogP contribution < -0.4 is 11.3 Å². The molecule has 0 fully saturated rings. The van der Waals surface area contributed by atoms with Crippen LogP contribution in [0.15, 0.2) is 33.3 Å². The highest BCUT2D eigenvalue weighted by molar-refractivity contribution is 9.10. The highest BCUT2D eigenvalue weighted by atomic mass is 79.9. The lowest BCUT2D eigenvalue weighted by molar-refractivity contribution is 0.518. The standard InChI is InChI=1S/C14H18Br2N4/c1-3-6-20-14(12(16)8-18-20)13(19-17)10-7-9(2)4-5-11(10)15/h4-5,7-8,13,19H,3,6,17H2,1-2H3. The number of aromatic nitrogens is 2. The highest BCUT2D eigenvalue weighted by Crippen LogP contribution is 2.32. The molecule has 2 aromatic rings. The van der Waals surface area contributed by atoms with Crippen molar-refractivity contribution in [1.82, 2.24) is 15.2 Å². The summed E-state index contributed by atoms with van der Waals surface area (Å²) in [6.45, 7) is 5.07. The lowest BCUT2D eigenvalue weighted by atomic mass is 10.0. The number of rotatable bonds is 5. The van der Waals surface area contributed by atoms with E-state index in [1.54, 1.807) is 0 Å². The summed E-state index contributed by atoms with van der Waals surface area (Å²) in [5.41, 5.74) is 6.25. The van der Waals surface area contributed by atoms with Gasteiger partial charge in [0.25, 0.3) is 0 Å². The molecule has 1 unspecified atom stereocenters. The molecule has 0 amide bonds. The highest BCUT2D eigenvalue weighted by Gasteiger charge is 2.22. The molecule has 3 N–H and O–H groups in total. The van der Waals surface area contributed by atoms with E-state index in [1.807, 2.05) is 16.9 Å². The Bertz CT molecular complexity index is 595. The molecule has 0 saturated carbocycles. The number of hydrogen-bond donors (Lipinski definition) is 2. The van der Waals surface area contributed by atoms with Crippen LogP contribution in [0.3, 0.4) is 0 Å². The van der Waals surface area contributed by atoms with Gasteiger partial charge in [0.05, 0.1) is 22.4 Å². The SMILES string of the molecule is CCCn1ncc(Br)c1C(NN)c1cc(C)ccc1Br. The number of benzene rings is 1. The molecule has 0 aliphatic rings. The summed E-state index contributed by atoms with van der Waals surface area (Å²) in [6, 6.07) is 6.13. The van der Waals surface area contributed by atoms with Crippen LogP contribution in [0.5, 0.6) is 0 Å². The summed E-state index contributed by atoms with van der Waals surface area (Å²) in [5.74, 6) is 5.82.